The molecule has 1 unspecified atom stereocenters. The molecule has 2 N–H and O–H groups in total. The summed E-state index contributed by atoms with van der Waals surface area (Å²) < 4.78 is 0. The van der Waals surface area contributed by atoms with E-state index in [1.54, 1.807) is 6.92 Å². The monoisotopic (exact) mass is 127 g/mol. The number of ketones is 1. The van der Waals surface area contributed by atoms with Crippen LogP contribution in [0.25, 0.3) is 0 Å². The molecule has 52 valence electrons. The molecule has 0 aromatic carbocycles. The van der Waals surface area contributed by atoms with Crippen LogP contribution in [0.3, 0.4) is 0 Å². The van der Waals surface area contributed by atoms with Gasteiger partial charge in [0.25, 0.3) is 0 Å². The first-order chi connectivity index (χ1) is 4.20. The molecule has 0 amide bonds. The highest BCUT2D eigenvalue weighted by Crippen LogP contribution is 2.32. The number of Topliss-reactive ketones (excluding diaryl/α,β-unsaturated/α-hetero) is 1. The van der Waals surface area contributed by atoms with Gasteiger partial charge in [0.15, 0.2) is 0 Å². The SMILES string of the molecule is CC(N)C(=O)CC1CC1. The maximum atomic E-state index is 10.9. The molecular weight excluding hydrogens is 114 g/mol. The van der Waals surface area contributed by atoms with Crippen molar-refractivity contribution in [1.82, 2.24) is 0 Å². The highest BCUT2D eigenvalue weighted by atomic mass is 16.1. The van der Waals surface area contributed by atoms with Gasteiger partial charge in [-0.2, -0.15) is 0 Å². The lowest BCUT2D eigenvalue weighted by Crippen LogP contribution is -2.26. The zero-order valence-corrected chi connectivity index (χ0v) is 5.76. The smallest absolute Gasteiger partial charge is 0.149 e. The van der Waals surface area contributed by atoms with Crippen LogP contribution in [-0.4, -0.2) is 11.8 Å². The average Bonchev–Trinajstić information content (AvgIpc) is 2.50. The van der Waals surface area contributed by atoms with E-state index >= 15 is 0 Å². The minimum absolute atomic E-state index is 0.220. The van der Waals surface area contributed by atoms with Gasteiger partial charge < -0.3 is 5.73 Å². The second kappa shape index (κ2) is 2.48. The van der Waals surface area contributed by atoms with Gasteiger partial charge in [0, 0.05) is 6.42 Å². The van der Waals surface area contributed by atoms with E-state index in [2.05, 4.69) is 0 Å². The first kappa shape index (κ1) is 6.75. The second-order valence-corrected chi connectivity index (χ2v) is 2.90. The molecule has 1 aliphatic rings. The summed E-state index contributed by atoms with van der Waals surface area (Å²) in [5, 5.41) is 0. The molecular formula is C7H13NO. The molecule has 2 heteroatoms. The Morgan fingerprint density at radius 2 is 2.33 bits per heavy atom. The van der Waals surface area contributed by atoms with Crippen molar-refractivity contribution in [2.24, 2.45) is 11.7 Å². The molecule has 9 heavy (non-hydrogen) atoms. The molecule has 0 aromatic rings. The zero-order valence-electron chi connectivity index (χ0n) is 5.76. The van der Waals surface area contributed by atoms with Gasteiger partial charge in [0.2, 0.25) is 0 Å². The van der Waals surface area contributed by atoms with Crippen LogP contribution in [0.5, 0.6) is 0 Å². The van der Waals surface area contributed by atoms with Crippen molar-refractivity contribution in [2.75, 3.05) is 0 Å². The summed E-state index contributed by atoms with van der Waals surface area (Å²) in [7, 11) is 0. The van der Waals surface area contributed by atoms with Crippen LogP contribution in [0.15, 0.2) is 0 Å². The fourth-order valence-electron chi connectivity index (χ4n) is 0.792. The number of rotatable bonds is 3. The number of carbonyl (C=O) groups is 1. The van der Waals surface area contributed by atoms with Crippen LogP contribution in [0.2, 0.25) is 0 Å². The van der Waals surface area contributed by atoms with Crippen molar-refractivity contribution in [1.29, 1.82) is 0 Å². The van der Waals surface area contributed by atoms with Crippen molar-refractivity contribution in [3.63, 3.8) is 0 Å². The summed E-state index contributed by atoms with van der Waals surface area (Å²) in [6, 6.07) is -0.245. The molecule has 1 aliphatic carbocycles. The molecule has 0 aromatic heterocycles. The average molecular weight is 127 g/mol. The maximum absolute atomic E-state index is 10.9. The van der Waals surface area contributed by atoms with Crippen LogP contribution in [0.1, 0.15) is 26.2 Å². The van der Waals surface area contributed by atoms with E-state index < -0.39 is 0 Å². The third-order valence-corrected chi connectivity index (χ3v) is 1.69. The third-order valence-electron chi connectivity index (χ3n) is 1.69. The highest BCUT2D eigenvalue weighted by Gasteiger charge is 2.25. The fraction of sp³-hybridized carbons (Fsp3) is 0.857. The Morgan fingerprint density at radius 1 is 1.78 bits per heavy atom. The second-order valence-electron chi connectivity index (χ2n) is 2.90. The Kier molecular flexibility index (Phi) is 1.86. The Hall–Kier alpha value is -0.370. The fourth-order valence-corrected chi connectivity index (χ4v) is 0.792. The Balaban J connectivity index is 2.17. The van der Waals surface area contributed by atoms with Crippen LogP contribution in [0, 0.1) is 5.92 Å². The van der Waals surface area contributed by atoms with Crippen molar-refractivity contribution in [3.8, 4) is 0 Å². The number of carbonyl (C=O) groups excluding carboxylic acids is 1. The largest absolute Gasteiger partial charge is 0.322 e. The van der Waals surface area contributed by atoms with Gasteiger partial charge >= 0.3 is 0 Å². The van der Waals surface area contributed by atoms with Gasteiger partial charge in [-0.3, -0.25) is 4.79 Å². The summed E-state index contributed by atoms with van der Waals surface area (Å²) in [5.41, 5.74) is 5.36. The lowest BCUT2D eigenvalue weighted by Gasteiger charge is -2.00. The molecule has 0 bridgehead atoms. The van der Waals surface area contributed by atoms with Crippen molar-refractivity contribution >= 4 is 5.78 Å². The van der Waals surface area contributed by atoms with Gasteiger partial charge in [0.05, 0.1) is 6.04 Å². The number of hydrogen-bond acceptors (Lipinski definition) is 2. The summed E-state index contributed by atoms with van der Waals surface area (Å²) in [6.07, 6.45) is 3.19. The number of hydrogen-bond donors (Lipinski definition) is 1. The minimum atomic E-state index is -0.245. The molecule has 0 heterocycles. The van der Waals surface area contributed by atoms with Crippen molar-refractivity contribution < 1.29 is 4.79 Å². The summed E-state index contributed by atoms with van der Waals surface area (Å²) in [5.74, 6) is 0.904. The summed E-state index contributed by atoms with van der Waals surface area (Å²) in [4.78, 5) is 10.9. The maximum Gasteiger partial charge on any atom is 0.149 e. The third kappa shape index (κ3) is 2.14. The van der Waals surface area contributed by atoms with Gasteiger partial charge in [-0.15, -0.1) is 0 Å². The van der Waals surface area contributed by atoms with Gasteiger partial charge in [0.1, 0.15) is 5.78 Å². The Bertz CT molecular complexity index is 116. The molecule has 2 nitrogen and oxygen atoms in total. The predicted octanol–water partition coefficient (Wildman–Crippen LogP) is 0.703. The zero-order chi connectivity index (χ0) is 6.85. The molecule has 1 fully saturated rings. The van der Waals surface area contributed by atoms with E-state index in [1.807, 2.05) is 0 Å². The molecule has 0 saturated heterocycles. The normalized spacial score (nSPS) is 21.6. The molecule has 0 spiro atoms. The van der Waals surface area contributed by atoms with E-state index in [1.165, 1.54) is 12.8 Å². The molecule has 0 radical (unpaired) electrons. The van der Waals surface area contributed by atoms with Crippen molar-refractivity contribution in [2.45, 2.75) is 32.2 Å². The topological polar surface area (TPSA) is 43.1 Å². The lowest BCUT2D eigenvalue weighted by molar-refractivity contribution is -0.120. The minimum Gasteiger partial charge on any atom is -0.322 e. The lowest BCUT2D eigenvalue weighted by atomic mass is 10.1. The van der Waals surface area contributed by atoms with E-state index in [4.69, 9.17) is 5.73 Å². The highest BCUT2D eigenvalue weighted by molar-refractivity contribution is 5.83. The summed E-state index contributed by atoms with van der Waals surface area (Å²) >= 11 is 0. The van der Waals surface area contributed by atoms with E-state index in [9.17, 15) is 4.79 Å². The summed E-state index contributed by atoms with van der Waals surface area (Å²) in [6.45, 7) is 1.75. The quantitative estimate of drug-likeness (QED) is 0.606. The Labute approximate surface area is 55.4 Å². The first-order valence-corrected chi connectivity index (χ1v) is 3.48. The van der Waals surface area contributed by atoms with Crippen LogP contribution >= 0.6 is 0 Å². The standard InChI is InChI=1S/C7H13NO/c1-5(8)7(9)4-6-2-3-6/h5-6H,2-4,8H2,1H3. The molecule has 1 rings (SSSR count). The molecule has 1 saturated carbocycles. The van der Waals surface area contributed by atoms with Gasteiger partial charge in [-0.05, 0) is 25.7 Å². The van der Waals surface area contributed by atoms with Crippen LogP contribution in [-0.2, 0) is 4.79 Å². The molecule has 1 atom stereocenters. The van der Waals surface area contributed by atoms with Gasteiger partial charge in [-0.25, -0.2) is 0 Å². The van der Waals surface area contributed by atoms with E-state index in [-0.39, 0.29) is 11.8 Å². The number of nitrogens with two attached hydrogens (primary N) is 1. The molecule has 0 aliphatic heterocycles. The van der Waals surface area contributed by atoms with Crippen molar-refractivity contribution in [3.05, 3.63) is 0 Å². The van der Waals surface area contributed by atoms with Crippen LogP contribution in [0.4, 0.5) is 0 Å². The van der Waals surface area contributed by atoms with Crippen LogP contribution < -0.4 is 5.73 Å². The first-order valence-electron chi connectivity index (χ1n) is 3.48. The Morgan fingerprint density at radius 3 is 2.67 bits per heavy atom. The van der Waals surface area contributed by atoms with E-state index in [0.717, 1.165) is 6.42 Å². The van der Waals surface area contributed by atoms with Gasteiger partial charge in [-0.1, -0.05) is 0 Å². The predicted molar refractivity (Wildman–Crippen MR) is 36.0 cm³/mol. The van der Waals surface area contributed by atoms with E-state index in [0.29, 0.717) is 5.92 Å².